The number of aliphatic carboxylic acids is 1. The number of nitrogens with zero attached hydrogens (tertiary/aromatic N) is 1. The molecule has 4 heteroatoms. The van der Waals surface area contributed by atoms with Gasteiger partial charge in [0.2, 0.25) is 0 Å². The minimum absolute atomic E-state index is 0.138. The van der Waals surface area contributed by atoms with Gasteiger partial charge in [-0.2, -0.15) is 0 Å². The van der Waals surface area contributed by atoms with Gasteiger partial charge in [-0.25, -0.2) is 0 Å². The number of benzene rings is 2. The molecule has 0 bridgehead atoms. The van der Waals surface area contributed by atoms with Gasteiger partial charge in [-0.05, 0) is 49.1 Å². The van der Waals surface area contributed by atoms with Crippen LogP contribution in [0.2, 0.25) is 0 Å². The van der Waals surface area contributed by atoms with Crippen LogP contribution in [-0.2, 0) is 11.4 Å². The molecule has 1 aliphatic heterocycles. The van der Waals surface area contributed by atoms with Gasteiger partial charge in [0.25, 0.3) is 0 Å². The Morgan fingerprint density at radius 1 is 1.15 bits per heavy atom. The third kappa shape index (κ3) is 4.44. The molecule has 0 spiro atoms. The van der Waals surface area contributed by atoms with Gasteiger partial charge in [-0.1, -0.05) is 55.8 Å². The summed E-state index contributed by atoms with van der Waals surface area (Å²) in [6.45, 7) is 3.52. The molecule has 2 aromatic rings. The number of carboxylic acid groups (broad SMARTS) is 1. The summed E-state index contributed by atoms with van der Waals surface area (Å²) in [5.41, 5.74) is 2.30. The van der Waals surface area contributed by atoms with Crippen molar-refractivity contribution in [2.45, 2.75) is 51.3 Å². The molecule has 0 aliphatic carbocycles. The van der Waals surface area contributed by atoms with E-state index in [1.165, 1.54) is 0 Å². The van der Waals surface area contributed by atoms with Crippen molar-refractivity contribution in [3.8, 4) is 5.75 Å². The molecule has 26 heavy (non-hydrogen) atoms. The standard InChI is InChI=1S/C22H27NO3/c1-2-20(23-15-7-6-10-21(23)22(24)25)18-11-13-19(14-12-18)26-16-17-8-4-3-5-9-17/h3-5,8-9,11-14,20-21H,2,6-7,10,15-16H2,1H3,(H,24,25). The number of ether oxygens (including phenoxy) is 1. The zero-order valence-corrected chi connectivity index (χ0v) is 15.3. The van der Waals surface area contributed by atoms with Crippen molar-refractivity contribution in [3.05, 3.63) is 65.7 Å². The molecule has 0 aromatic heterocycles. The maximum atomic E-state index is 11.6. The molecule has 2 aromatic carbocycles. The van der Waals surface area contributed by atoms with Crippen molar-refractivity contribution < 1.29 is 14.6 Å². The monoisotopic (exact) mass is 353 g/mol. The lowest BCUT2D eigenvalue weighted by Crippen LogP contribution is -2.46. The van der Waals surface area contributed by atoms with E-state index in [-0.39, 0.29) is 12.1 Å². The summed E-state index contributed by atoms with van der Waals surface area (Å²) in [5.74, 6) is 0.131. The third-order valence-electron chi connectivity index (χ3n) is 5.13. The Kier molecular flexibility index (Phi) is 6.29. The number of hydrogen-bond donors (Lipinski definition) is 1. The zero-order valence-electron chi connectivity index (χ0n) is 15.3. The topological polar surface area (TPSA) is 49.8 Å². The van der Waals surface area contributed by atoms with E-state index in [0.717, 1.165) is 49.1 Å². The van der Waals surface area contributed by atoms with Crippen molar-refractivity contribution in [3.63, 3.8) is 0 Å². The molecular formula is C22H27NO3. The van der Waals surface area contributed by atoms with Gasteiger partial charge < -0.3 is 9.84 Å². The smallest absolute Gasteiger partial charge is 0.320 e. The molecule has 3 rings (SSSR count). The van der Waals surface area contributed by atoms with E-state index < -0.39 is 5.97 Å². The first kappa shape index (κ1) is 18.5. The Morgan fingerprint density at radius 2 is 1.88 bits per heavy atom. The summed E-state index contributed by atoms with van der Waals surface area (Å²) >= 11 is 0. The van der Waals surface area contributed by atoms with Crippen LogP contribution in [0.15, 0.2) is 54.6 Å². The number of rotatable bonds is 7. The van der Waals surface area contributed by atoms with Gasteiger partial charge in [0.15, 0.2) is 0 Å². The average molecular weight is 353 g/mol. The van der Waals surface area contributed by atoms with Gasteiger partial charge in [-0.15, -0.1) is 0 Å². The first-order valence-corrected chi connectivity index (χ1v) is 9.44. The van der Waals surface area contributed by atoms with Crippen LogP contribution in [0.3, 0.4) is 0 Å². The summed E-state index contributed by atoms with van der Waals surface area (Å²) in [6, 6.07) is 18.0. The molecule has 138 valence electrons. The first-order chi connectivity index (χ1) is 12.7. The van der Waals surface area contributed by atoms with Crippen LogP contribution in [-0.4, -0.2) is 28.6 Å². The van der Waals surface area contributed by atoms with E-state index in [9.17, 15) is 9.90 Å². The fraction of sp³-hybridized carbons (Fsp3) is 0.409. The lowest BCUT2D eigenvalue weighted by atomic mass is 9.95. The molecule has 1 aliphatic rings. The summed E-state index contributed by atoms with van der Waals surface area (Å²) in [6.07, 6.45) is 3.70. The normalized spacial score (nSPS) is 19.0. The third-order valence-corrected chi connectivity index (χ3v) is 5.13. The molecule has 1 N–H and O–H groups in total. The summed E-state index contributed by atoms with van der Waals surface area (Å²) in [5, 5.41) is 9.56. The molecule has 0 radical (unpaired) electrons. The van der Waals surface area contributed by atoms with Crippen LogP contribution in [0.4, 0.5) is 0 Å². The predicted molar refractivity (Wildman–Crippen MR) is 102 cm³/mol. The second kappa shape index (κ2) is 8.86. The fourth-order valence-corrected chi connectivity index (χ4v) is 3.78. The largest absolute Gasteiger partial charge is 0.489 e. The molecule has 2 unspecified atom stereocenters. The minimum atomic E-state index is -0.703. The van der Waals surface area contributed by atoms with E-state index >= 15 is 0 Å². The van der Waals surface area contributed by atoms with Gasteiger partial charge in [0.1, 0.15) is 18.4 Å². The quantitative estimate of drug-likeness (QED) is 0.787. The van der Waals surface area contributed by atoms with E-state index in [4.69, 9.17) is 4.74 Å². The van der Waals surface area contributed by atoms with Crippen molar-refractivity contribution >= 4 is 5.97 Å². The highest BCUT2D eigenvalue weighted by Gasteiger charge is 2.33. The van der Waals surface area contributed by atoms with E-state index in [1.54, 1.807) is 0 Å². The van der Waals surface area contributed by atoms with Crippen LogP contribution in [0.5, 0.6) is 5.75 Å². The highest BCUT2D eigenvalue weighted by atomic mass is 16.5. The molecule has 1 fully saturated rings. The Morgan fingerprint density at radius 3 is 2.54 bits per heavy atom. The lowest BCUT2D eigenvalue weighted by Gasteiger charge is -2.39. The fourth-order valence-electron chi connectivity index (χ4n) is 3.78. The van der Waals surface area contributed by atoms with Crippen molar-refractivity contribution in [2.75, 3.05) is 6.54 Å². The number of carboxylic acids is 1. The van der Waals surface area contributed by atoms with Crippen molar-refractivity contribution in [2.24, 2.45) is 0 Å². The van der Waals surface area contributed by atoms with E-state index in [2.05, 4.69) is 24.0 Å². The Bertz CT molecular complexity index is 699. The molecule has 4 nitrogen and oxygen atoms in total. The second-order valence-electron chi connectivity index (χ2n) is 6.85. The molecule has 0 saturated carbocycles. The Balaban J connectivity index is 1.68. The molecular weight excluding hydrogens is 326 g/mol. The van der Waals surface area contributed by atoms with Gasteiger partial charge in [-0.3, -0.25) is 9.69 Å². The Labute approximate surface area is 155 Å². The summed E-state index contributed by atoms with van der Waals surface area (Å²) in [7, 11) is 0. The van der Waals surface area contributed by atoms with Crippen molar-refractivity contribution in [1.29, 1.82) is 0 Å². The zero-order chi connectivity index (χ0) is 18.4. The van der Waals surface area contributed by atoms with Crippen LogP contribution in [0, 0.1) is 0 Å². The SMILES string of the molecule is CCC(c1ccc(OCc2ccccc2)cc1)N1CCCCC1C(=O)O. The summed E-state index contributed by atoms with van der Waals surface area (Å²) < 4.78 is 5.86. The minimum Gasteiger partial charge on any atom is -0.489 e. The highest BCUT2D eigenvalue weighted by molar-refractivity contribution is 5.73. The van der Waals surface area contributed by atoms with E-state index in [1.807, 2.05) is 42.5 Å². The highest BCUT2D eigenvalue weighted by Crippen LogP contribution is 2.32. The number of likely N-dealkylation sites (tertiary alicyclic amines) is 1. The van der Waals surface area contributed by atoms with Crippen LogP contribution < -0.4 is 4.74 Å². The van der Waals surface area contributed by atoms with Crippen LogP contribution in [0.1, 0.15) is 49.8 Å². The average Bonchev–Trinajstić information content (AvgIpc) is 2.69. The molecule has 2 atom stereocenters. The molecule has 0 amide bonds. The summed E-state index contributed by atoms with van der Waals surface area (Å²) in [4.78, 5) is 13.8. The maximum Gasteiger partial charge on any atom is 0.320 e. The van der Waals surface area contributed by atoms with Crippen molar-refractivity contribution in [1.82, 2.24) is 4.90 Å². The van der Waals surface area contributed by atoms with Crippen LogP contribution >= 0.6 is 0 Å². The number of hydrogen-bond acceptors (Lipinski definition) is 3. The van der Waals surface area contributed by atoms with Gasteiger partial charge in [0, 0.05) is 6.04 Å². The Hall–Kier alpha value is -2.33. The van der Waals surface area contributed by atoms with Gasteiger partial charge >= 0.3 is 5.97 Å². The number of piperidine rings is 1. The molecule has 1 saturated heterocycles. The second-order valence-corrected chi connectivity index (χ2v) is 6.85. The first-order valence-electron chi connectivity index (χ1n) is 9.44. The predicted octanol–water partition coefficient (Wildman–Crippen LogP) is 4.66. The lowest BCUT2D eigenvalue weighted by molar-refractivity contribution is -0.146. The van der Waals surface area contributed by atoms with Gasteiger partial charge in [0.05, 0.1) is 0 Å². The van der Waals surface area contributed by atoms with E-state index in [0.29, 0.717) is 6.61 Å². The maximum absolute atomic E-state index is 11.6. The van der Waals surface area contributed by atoms with Crippen LogP contribution in [0.25, 0.3) is 0 Å². The number of carbonyl (C=O) groups is 1. The molecule has 1 heterocycles.